The fourth-order valence-electron chi connectivity index (χ4n) is 1.76. The van der Waals surface area contributed by atoms with Crippen molar-refractivity contribution in [3.05, 3.63) is 50.7 Å². The number of rotatable bonds is 4. The van der Waals surface area contributed by atoms with Crippen LogP contribution in [0.5, 0.6) is 0 Å². The Hall–Kier alpha value is -0.970. The number of benzene rings is 1. The van der Waals surface area contributed by atoms with Crippen LogP contribution in [0.1, 0.15) is 16.3 Å². The van der Waals surface area contributed by atoms with E-state index >= 15 is 0 Å². The standard InChI is InChI=1S/C13H13ClFNOS/c1-8-16-11(7-18-8)6-12(17)4-9-2-3-10(15)5-13(9)14/h2-3,5,7,12,17H,4,6H2,1H3. The number of hydrogen-bond donors (Lipinski definition) is 1. The summed E-state index contributed by atoms with van der Waals surface area (Å²) in [4.78, 5) is 4.29. The van der Waals surface area contributed by atoms with Gasteiger partial charge in [0.25, 0.3) is 0 Å². The highest BCUT2D eigenvalue weighted by Crippen LogP contribution is 2.20. The van der Waals surface area contributed by atoms with Crippen LogP contribution >= 0.6 is 22.9 Å². The minimum Gasteiger partial charge on any atom is -0.392 e. The lowest BCUT2D eigenvalue weighted by Crippen LogP contribution is -2.14. The van der Waals surface area contributed by atoms with E-state index in [4.69, 9.17) is 11.6 Å². The SMILES string of the molecule is Cc1nc(CC(O)Cc2ccc(F)cc2Cl)cs1. The van der Waals surface area contributed by atoms with Gasteiger partial charge in [0.2, 0.25) is 0 Å². The topological polar surface area (TPSA) is 33.1 Å². The molecule has 0 bridgehead atoms. The summed E-state index contributed by atoms with van der Waals surface area (Å²) in [6, 6.07) is 4.21. The van der Waals surface area contributed by atoms with Crippen molar-refractivity contribution >= 4 is 22.9 Å². The second-order valence-corrected chi connectivity index (χ2v) is 5.63. The maximum atomic E-state index is 12.9. The smallest absolute Gasteiger partial charge is 0.124 e. The molecule has 0 amide bonds. The molecule has 0 spiro atoms. The lowest BCUT2D eigenvalue weighted by Gasteiger charge is -2.10. The average molecular weight is 286 g/mol. The van der Waals surface area contributed by atoms with E-state index in [1.54, 1.807) is 17.4 Å². The molecule has 0 radical (unpaired) electrons. The predicted octanol–water partition coefficient (Wildman–Crippen LogP) is 3.39. The van der Waals surface area contributed by atoms with E-state index in [2.05, 4.69) is 4.98 Å². The fraction of sp³-hybridized carbons (Fsp3) is 0.308. The maximum absolute atomic E-state index is 12.9. The number of aryl methyl sites for hydroxylation is 1. The Kier molecular flexibility index (Phi) is 4.32. The molecule has 1 heterocycles. The molecule has 1 unspecified atom stereocenters. The molecule has 18 heavy (non-hydrogen) atoms. The zero-order valence-electron chi connectivity index (χ0n) is 9.86. The lowest BCUT2D eigenvalue weighted by molar-refractivity contribution is 0.174. The molecule has 0 saturated carbocycles. The molecule has 1 atom stereocenters. The minimum atomic E-state index is -0.561. The molecule has 0 aliphatic heterocycles. The van der Waals surface area contributed by atoms with Gasteiger partial charge in [-0.2, -0.15) is 0 Å². The van der Waals surface area contributed by atoms with E-state index < -0.39 is 6.10 Å². The van der Waals surface area contributed by atoms with Crippen LogP contribution in [0.4, 0.5) is 4.39 Å². The first-order valence-corrected chi connectivity index (χ1v) is 6.83. The summed E-state index contributed by atoms with van der Waals surface area (Å²) in [6.07, 6.45) is 0.322. The summed E-state index contributed by atoms with van der Waals surface area (Å²) >= 11 is 7.48. The van der Waals surface area contributed by atoms with Crippen molar-refractivity contribution in [2.45, 2.75) is 25.9 Å². The number of nitrogens with zero attached hydrogens (tertiary/aromatic N) is 1. The summed E-state index contributed by atoms with van der Waals surface area (Å²) in [6.45, 7) is 1.93. The molecule has 96 valence electrons. The van der Waals surface area contributed by atoms with Crippen molar-refractivity contribution in [1.82, 2.24) is 4.98 Å². The highest BCUT2D eigenvalue weighted by molar-refractivity contribution is 7.09. The molecule has 1 aromatic heterocycles. The van der Waals surface area contributed by atoms with Crippen molar-refractivity contribution in [3.63, 3.8) is 0 Å². The molecule has 2 aromatic rings. The number of hydrogen-bond acceptors (Lipinski definition) is 3. The number of aliphatic hydroxyl groups excluding tert-OH is 1. The van der Waals surface area contributed by atoms with Crippen LogP contribution in [-0.2, 0) is 12.8 Å². The largest absolute Gasteiger partial charge is 0.392 e. The van der Waals surface area contributed by atoms with Crippen LogP contribution in [0.3, 0.4) is 0 Å². The van der Waals surface area contributed by atoms with E-state index in [9.17, 15) is 9.50 Å². The first kappa shape index (κ1) is 13.5. The fourth-order valence-corrected chi connectivity index (χ4v) is 2.63. The molecular formula is C13H13ClFNOS. The Labute approximate surface area is 114 Å². The van der Waals surface area contributed by atoms with Gasteiger partial charge in [-0.15, -0.1) is 11.3 Å². The Morgan fingerprint density at radius 2 is 2.22 bits per heavy atom. The third-order valence-corrected chi connectivity index (χ3v) is 3.76. The first-order valence-electron chi connectivity index (χ1n) is 5.57. The van der Waals surface area contributed by atoms with Crippen LogP contribution in [0.15, 0.2) is 23.6 Å². The van der Waals surface area contributed by atoms with Crippen LogP contribution in [-0.4, -0.2) is 16.2 Å². The van der Waals surface area contributed by atoms with Crippen molar-refractivity contribution < 1.29 is 9.50 Å². The molecular weight excluding hydrogens is 273 g/mol. The summed E-state index contributed by atoms with van der Waals surface area (Å²) in [5, 5.41) is 13.2. The molecule has 0 fully saturated rings. The van der Waals surface area contributed by atoms with Crippen molar-refractivity contribution in [3.8, 4) is 0 Å². The molecule has 1 N–H and O–H groups in total. The highest BCUT2D eigenvalue weighted by atomic mass is 35.5. The Bertz CT molecular complexity index is 544. The van der Waals surface area contributed by atoms with Gasteiger partial charge in [0, 0.05) is 23.2 Å². The molecule has 5 heteroatoms. The average Bonchev–Trinajstić information content (AvgIpc) is 2.68. The second kappa shape index (κ2) is 5.78. The molecule has 1 aromatic carbocycles. The zero-order chi connectivity index (χ0) is 13.1. The van der Waals surface area contributed by atoms with Gasteiger partial charge in [-0.3, -0.25) is 0 Å². The van der Waals surface area contributed by atoms with Gasteiger partial charge >= 0.3 is 0 Å². The zero-order valence-corrected chi connectivity index (χ0v) is 11.4. The molecule has 0 aliphatic carbocycles. The molecule has 0 aliphatic rings. The number of halogens is 2. The maximum Gasteiger partial charge on any atom is 0.124 e. The van der Waals surface area contributed by atoms with E-state index in [1.807, 2.05) is 12.3 Å². The van der Waals surface area contributed by atoms with E-state index in [-0.39, 0.29) is 5.82 Å². The van der Waals surface area contributed by atoms with E-state index in [0.29, 0.717) is 17.9 Å². The summed E-state index contributed by atoms with van der Waals surface area (Å²) in [5.41, 5.74) is 1.63. The quantitative estimate of drug-likeness (QED) is 0.934. The summed E-state index contributed by atoms with van der Waals surface area (Å²) in [7, 11) is 0. The van der Waals surface area contributed by atoms with Crippen LogP contribution in [0.2, 0.25) is 5.02 Å². The van der Waals surface area contributed by atoms with Gasteiger partial charge in [0.05, 0.1) is 16.8 Å². The number of aromatic nitrogens is 1. The van der Waals surface area contributed by atoms with Crippen LogP contribution < -0.4 is 0 Å². The van der Waals surface area contributed by atoms with Gasteiger partial charge in [0.1, 0.15) is 5.82 Å². The van der Waals surface area contributed by atoms with Crippen LogP contribution in [0.25, 0.3) is 0 Å². The Morgan fingerprint density at radius 1 is 1.44 bits per heavy atom. The molecule has 2 nitrogen and oxygen atoms in total. The number of aliphatic hydroxyl groups is 1. The summed E-state index contributed by atoms with van der Waals surface area (Å²) in [5.74, 6) is -0.367. The van der Waals surface area contributed by atoms with Gasteiger partial charge in [0.15, 0.2) is 0 Å². The summed E-state index contributed by atoms with van der Waals surface area (Å²) < 4.78 is 12.9. The van der Waals surface area contributed by atoms with Gasteiger partial charge < -0.3 is 5.11 Å². The molecule has 2 rings (SSSR count). The van der Waals surface area contributed by atoms with E-state index in [1.165, 1.54) is 12.1 Å². The Balaban J connectivity index is 2.00. The van der Waals surface area contributed by atoms with Gasteiger partial charge in [-0.05, 0) is 24.6 Å². The third kappa shape index (κ3) is 3.51. The van der Waals surface area contributed by atoms with E-state index in [0.717, 1.165) is 16.3 Å². The first-order chi connectivity index (χ1) is 8.54. The monoisotopic (exact) mass is 285 g/mol. The molecule has 0 saturated heterocycles. The Morgan fingerprint density at radius 3 is 2.83 bits per heavy atom. The van der Waals surface area contributed by atoms with Gasteiger partial charge in [-0.25, -0.2) is 9.37 Å². The van der Waals surface area contributed by atoms with Crippen molar-refractivity contribution in [1.29, 1.82) is 0 Å². The predicted molar refractivity (Wildman–Crippen MR) is 71.7 cm³/mol. The van der Waals surface area contributed by atoms with Crippen molar-refractivity contribution in [2.24, 2.45) is 0 Å². The van der Waals surface area contributed by atoms with Crippen molar-refractivity contribution in [2.75, 3.05) is 0 Å². The number of thiazole rings is 1. The normalized spacial score (nSPS) is 12.7. The lowest BCUT2D eigenvalue weighted by atomic mass is 10.0. The highest BCUT2D eigenvalue weighted by Gasteiger charge is 2.11. The van der Waals surface area contributed by atoms with Gasteiger partial charge in [-0.1, -0.05) is 17.7 Å². The van der Waals surface area contributed by atoms with Crippen LogP contribution in [0, 0.1) is 12.7 Å². The second-order valence-electron chi connectivity index (χ2n) is 4.16. The third-order valence-electron chi connectivity index (χ3n) is 2.58. The minimum absolute atomic E-state index is 0.350.